The molecule has 4 aliphatic rings. The van der Waals surface area contributed by atoms with Crippen molar-refractivity contribution in [3.05, 3.63) is 0 Å². The van der Waals surface area contributed by atoms with Gasteiger partial charge < -0.3 is 9.84 Å². The highest BCUT2D eigenvalue weighted by Crippen LogP contribution is 2.64. The summed E-state index contributed by atoms with van der Waals surface area (Å²) < 4.78 is 5.45. The molecule has 0 saturated heterocycles. The highest BCUT2D eigenvalue weighted by atomic mass is 16.5. The van der Waals surface area contributed by atoms with Crippen LogP contribution in [-0.4, -0.2) is 25.4 Å². The maximum atomic E-state index is 9.48. The fourth-order valence-corrected chi connectivity index (χ4v) is 8.08. The van der Waals surface area contributed by atoms with Crippen molar-refractivity contribution in [2.24, 2.45) is 46.8 Å². The third-order valence-corrected chi connectivity index (χ3v) is 9.14. The van der Waals surface area contributed by atoms with Gasteiger partial charge in [0.1, 0.15) is 0 Å². The van der Waals surface area contributed by atoms with Crippen molar-refractivity contribution in [2.75, 3.05) is 20.3 Å². The highest BCUT2D eigenvalue weighted by molar-refractivity contribution is 5.05. The largest absolute Gasteiger partial charge is 0.396 e. The number of aliphatic hydroxyl groups excluding tert-OH is 1. The molecule has 1 N–H and O–H groups in total. The summed E-state index contributed by atoms with van der Waals surface area (Å²) in [5, 5.41) is 9.48. The van der Waals surface area contributed by atoms with Gasteiger partial charge in [-0.2, -0.15) is 0 Å². The summed E-state index contributed by atoms with van der Waals surface area (Å²) in [7, 11) is 1.87. The summed E-state index contributed by atoms with van der Waals surface area (Å²) in [5.41, 5.74) is 0.546. The number of rotatable bonds is 4. The zero-order valence-corrected chi connectivity index (χ0v) is 15.9. The molecule has 24 heavy (non-hydrogen) atoms. The van der Waals surface area contributed by atoms with Crippen molar-refractivity contribution >= 4 is 0 Å². The number of ether oxygens (including phenoxy) is 1. The van der Waals surface area contributed by atoms with E-state index in [9.17, 15) is 5.11 Å². The zero-order chi connectivity index (χ0) is 16.7. The lowest BCUT2D eigenvalue weighted by molar-refractivity contribution is -0.0734. The molecule has 0 amide bonds. The van der Waals surface area contributed by atoms with Gasteiger partial charge in [-0.15, -0.1) is 0 Å². The number of hydrogen-bond donors (Lipinski definition) is 1. The van der Waals surface area contributed by atoms with E-state index in [0.717, 1.165) is 54.5 Å². The van der Waals surface area contributed by atoms with Crippen LogP contribution < -0.4 is 0 Å². The Balaban J connectivity index is 1.46. The van der Waals surface area contributed by atoms with Gasteiger partial charge in [0.25, 0.3) is 0 Å². The molecule has 0 aromatic carbocycles. The lowest BCUT2D eigenvalue weighted by Gasteiger charge is -2.56. The molecule has 8 unspecified atom stereocenters. The molecule has 4 rings (SSSR count). The third-order valence-electron chi connectivity index (χ3n) is 9.14. The SMILES string of the molecule is COCC1CCC2C(CCC3C2CCC2(C)C(CCO)CCC32)C1. The van der Waals surface area contributed by atoms with Crippen LogP contribution in [0.3, 0.4) is 0 Å². The molecule has 138 valence electrons. The quantitative estimate of drug-likeness (QED) is 0.792. The summed E-state index contributed by atoms with van der Waals surface area (Å²) in [6.45, 7) is 3.97. The van der Waals surface area contributed by atoms with Crippen LogP contribution in [0.1, 0.15) is 71.1 Å². The van der Waals surface area contributed by atoms with Crippen molar-refractivity contribution in [1.29, 1.82) is 0 Å². The van der Waals surface area contributed by atoms with Gasteiger partial charge in [0.05, 0.1) is 0 Å². The van der Waals surface area contributed by atoms with E-state index in [0.29, 0.717) is 12.0 Å². The highest BCUT2D eigenvalue weighted by Gasteiger charge is 2.56. The molecule has 4 saturated carbocycles. The Morgan fingerprint density at radius 2 is 1.79 bits per heavy atom. The van der Waals surface area contributed by atoms with Crippen LogP contribution >= 0.6 is 0 Å². The first-order valence-corrected chi connectivity index (χ1v) is 10.8. The topological polar surface area (TPSA) is 29.5 Å². The molecule has 0 heterocycles. The molecule has 0 radical (unpaired) electrons. The number of aliphatic hydroxyl groups is 1. The van der Waals surface area contributed by atoms with Crippen molar-refractivity contribution < 1.29 is 9.84 Å². The Kier molecular flexibility index (Phi) is 4.99. The van der Waals surface area contributed by atoms with Crippen LogP contribution in [0.4, 0.5) is 0 Å². The number of hydrogen-bond acceptors (Lipinski definition) is 2. The number of methoxy groups -OCH3 is 1. The fraction of sp³-hybridized carbons (Fsp3) is 1.00. The van der Waals surface area contributed by atoms with Gasteiger partial charge in [-0.3, -0.25) is 0 Å². The van der Waals surface area contributed by atoms with Crippen LogP contribution in [-0.2, 0) is 4.74 Å². The van der Waals surface area contributed by atoms with E-state index in [1.54, 1.807) is 0 Å². The maximum absolute atomic E-state index is 9.48. The summed E-state index contributed by atoms with van der Waals surface area (Å²) in [5.74, 6) is 6.65. The molecule has 8 atom stereocenters. The average Bonchev–Trinajstić information content (AvgIpc) is 2.92. The van der Waals surface area contributed by atoms with Crippen LogP contribution in [0.25, 0.3) is 0 Å². The smallest absolute Gasteiger partial charge is 0.0490 e. The maximum Gasteiger partial charge on any atom is 0.0490 e. The van der Waals surface area contributed by atoms with E-state index in [4.69, 9.17) is 4.74 Å². The minimum Gasteiger partial charge on any atom is -0.396 e. The van der Waals surface area contributed by atoms with Gasteiger partial charge in [-0.25, -0.2) is 0 Å². The lowest BCUT2D eigenvalue weighted by atomic mass is 9.49. The van der Waals surface area contributed by atoms with Gasteiger partial charge in [0.2, 0.25) is 0 Å². The van der Waals surface area contributed by atoms with Crippen LogP contribution in [0.5, 0.6) is 0 Å². The van der Waals surface area contributed by atoms with Gasteiger partial charge in [0, 0.05) is 20.3 Å². The lowest BCUT2D eigenvalue weighted by Crippen LogP contribution is -2.48. The molecular weight excluding hydrogens is 296 g/mol. The second kappa shape index (κ2) is 6.91. The van der Waals surface area contributed by atoms with Gasteiger partial charge >= 0.3 is 0 Å². The Labute approximate surface area is 148 Å². The molecule has 2 nitrogen and oxygen atoms in total. The van der Waals surface area contributed by atoms with E-state index < -0.39 is 0 Å². The van der Waals surface area contributed by atoms with Crippen molar-refractivity contribution in [1.82, 2.24) is 0 Å². The Morgan fingerprint density at radius 3 is 2.58 bits per heavy atom. The first-order chi connectivity index (χ1) is 11.7. The minimum absolute atomic E-state index is 0.395. The zero-order valence-electron chi connectivity index (χ0n) is 15.9. The van der Waals surface area contributed by atoms with Gasteiger partial charge in [-0.05, 0) is 111 Å². The van der Waals surface area contributed by atoms with Crippen LogP contribution in [0.15, 0.2) is 0 Å². The van der Waals surface area contributed by atoms with Crippen molar-refractivity contribution in [2.45, 2.75) is 71.1 Å². The summed E-state index contributed by atoms with van der Waals surface area (Å²) in [6, 6.07) is 0. The average molecular weight is 335 g/mol. The first kappa shape index (κ1) is 17.3. The second-order valence-corrected chi connectivity index (χ2v) is 9.90. The van der Waals surface area contributed by atoms with E-state index in [1.807, 2.05) is 7.11 Å². The fourth-order valence-electron chi connectivity index (χ4n) is 8.08. The van der Waals surface area contributed by atoms with Gasteiger partial charge in [-0.1, -0.05) is 6.92 Å². The summed E-state index contributed by atoms with van der Waals surface area (Å²) in [6.07, 6.45) is 14.1. The molecule has 0 spiro atoms. The normalized spacial score (nSPS) is 50.9. The first-order valence-electron chi connectivity index (χ1n) is 10.8. The molecule has 0 aliphatic heterocycles. The molecule has 2 heteroatoms. The Morgan fingerprint density at radius 1 is 0.958 bits per heavy atom. The minimum atomic E-state index is 0.395. The standard InChI is InChI=1S/C22H38O2/c1-22-11-9-19-18-6-3-15(14-24-2)13-16(18)4-7-20(19)21(22)8-5-17(22)10-12-23/h15-21,23H,3-14H2,1-2H3. The van der Waals surface area contributed by atoms with Crippen LogP contribution in [0, 0.1) is 46.8 Å². The van der Waals surface area contributed by atoms with E-state index in [-0.39, 0.29) is 0 Å². The molecule has 0 aromatic rings. The molecule has 4 aliphatic carbocycles. The van der Waals surface area contributed by atoms with E-state index >= 15 is 0 Å². The predicted octanol–water partition coefficient (Wildman–Crippen LogP) is 4.90. The summed E-state index contributed by atoms with van der Waals surface area (Å²) in [4.78, 5) is 0. The molecule has 4 fully saturated rings. The Hall–Kier alpha value is -0.0800. The monoisotopic (exact) mass is 334 g/mol. The second-order valence-electron chi connectivity index (χ2n) is 9.90. The molecule has 0 aromatic heterocycles. The van der Waals surface area contributed by atoms with E-state index in [1.165, 1.54) is 57.8 Å². The predicted molar refractivity (Wildman–Crippen MR) is 97.7 cm³/mol. The third kappa shape index (κ3) is 2.76. The van der Waals surface area contributed by atoms with Gasteiger partial charge in [0.15, 0.2) is 0 Å². The van der Waals surface area contributed by atoms with Crippen molar-refractivity contribution in [3.63, 3.8) is 0 Å². The van der Waals surface area contributed by atoms with Crippen LogP contribution in [0.2, 0.25) is 0 Å². The molecular formula is C22H38O2. The summed E-state index contributed by atoms with van der Waals surface area (Å²) >= 11 is 0. The molecule has 0 bridgehead atoms. The van der Waals surface area contributed by atoms with E-state index in [2.05, 4.69) is 6.92 Å². The Bertz CT molecular complexity index is 436. The number of fused-ring (bicyclic) bond motifs is 5. The van der Waals surface area contributed by atoms with Crippen molar-refractivity contribution in [3.8, 4) is 0 Å².